The smallest absolute Gasteiger partial charge is 0.254 e. The summed E-state index contributed by atoms with van der Waals surface area (Å²) in [6.07, 6.45) is 7.05. The van der Waals surface area contributed by atoms with E-state index in [4.69, 9.17) is 0 Å². The molecule has 0 N–H and O–H groups in total. The van der Waals surface area contributed by atoms with E-state index in [2.05, 4.69) is 45.1 Å². The quantitative estimate of drug-likeness (QED) is 0.661. The second kappa shape index (κ2) is 8.04. The number of pyridine rings is 1. The zero-order valence-electron chi connectivity index (χ0n) is 17.2. The maximum absolute atomic E-state index is 13.5. The number of rotatable bonds is 3. The topological polar surface area (TPSA) is 36.4 Å². The van der Waals surface area contributed by atoms with Crippen molar-refractivity contribution in [1.29, 1.82) is 0 Å². The fraction of sp³-hybridized carbons (Fsp3) is 0.308. The molecule has 2 aliphatic rings. The van der Waals surface area contributed by atoms with Crippen LogP contribution in [0.15, 0.2) is 79.1 Å². The van der Waals surface area contributed by atoms with Crippen molar-refractivity contribution in [2.45, 2.75) is 37.9 Å². The van der Waals surface area contributed by atoms with Gasteiger partial charge >= 0.3 is 0 Å². The average molecular weight is 398 g/mol. The number of nitrogens with zero attached hydrogens (tertiary/aromatic N) is 3. The highest BCUT2D eigenvalue weighted by Crippen LogP contribution is 2.38. The van der Waals surface area contributed by atoms with Crippen molar-refractivity contribution >= 4 is 5.91 Å². The van der Waals surface area contributed by atoms with Crippen LogP contribution in [0, 0.1) is 0 Å². The highest BCUT2D eigenvalue weighted by molar-refractivity contribution is 5.94. The van der Waals surface area contributed by atoms with E-state index in [1.54, 1.807) is 0 Å². The molecule has 1 aromatic heterocycles. The van der Waals surface area contributed by atoms with E-state index in [9.17, 15) is 4.79 Å². The van der Waals surface area contributed by atoms with Crippen LogP contribution in [0.25, 0.3) is 0 Å². The summed E-state index contributed by atoms with van der Waals surface area (Å²) >= 11 is 0. The van der Waals surface area contributed by atoms with Gasteiger partial charge in [0.1, 0.15) is 0 Å². The summed E-state index contributed by atoms with van der Waals surface area (Å²) in [6.45, 7) is 3.37. The molecule has 0 saturated carbocycles. The third-order valence-corrected chi connectivity index (χ3v) is 6.63. The number of aromatic nitrogens is 1. The van der Waals surface area contributed by atoms with Crippen LogP contribution in [0.1, 0.15) is 39.9 Å². The van der Waals surface area contributed by atoms with Gasteiger partial charge in [-0.2, -0.15) is 0 Å². The molecule has 1 spiro atoms. The molecule has 4 nitrogen and oxygen atoms in total. The van der Waals surface area contributed by atoms with Gasteiger partial charge in [0.15, 0.2) is 0 Å². The number of carbonyl (C=O) groups is 1. The molecule has 2 aliphatic heterocycles. The Morgan fingerprint density at radius 1 is 0.967 bits per heavy atom. The van der Waals surface area contributed by atoms with E-state index in [1.165, 1.54) is 16.7 Å². The monoisotopic (exact) mass is 397 g/mol. The molecule has 0 aliphatic carbocycles. The third-order valence-electron chi connectivity index (χ3n) is 6.63. The number of benzene rings is 2. The molecule has 1 unspecified atom stereocenters. The Balaban J connectivity index is 1.51. The zero-order chi connectivity index (χ0) is 20.4. The Morgan fingerprint density at radius 3 is 2.57 bits per heavy atom. The fourth-order valence-electron chi connectivity index (χ4n) is 5.15. The van der Waals surface area contributed by atoms with Crippen LogP contribution in [0.2, 0.25) is 0 Å². The molecule has 152 valence electrons. The first-order chi connectivity index (χ1) is 14.7. The van der Waals surface area contributed by atoms with Crippen molar-refractivity contribution < 1.29 is 4.79 Å². The van der Waals surface area contributed by atoms with Crippen molar-refractivity contribution in [3.05, 3.63) is 101 Å². The second-order valence-electron chi connectivity index (χ2n) is 8.58. The van der Waals surface area contributed by atoms with Crippen molar-refractivity contribution in [2.24, 2.45) is 0 Å². The lowest BCUT2D eigenvalue weighted by molar-refractivity contribution is 0.0529. The summed E-state index contributed by atoms with van der Waals surface area (Å²) in [5.41, 5.74) is 4.61. The normalized spacial score (nSPS) is 21.4. The number of carbonyl (C=O) groups excluding carboxylic acids is 1. The van der Waals surface area contributed by atoms with Gasteiger partial charge in [-0.1, -0.05) is 48.5 Å². The number of hydrogen-bond donors (Lipinski definition) is 0. The van der Waals surface area contributed by atoms with Crippen molar-refractivity contribution in [1.82, 2.24) is 14.8 Å². The maximum Gasteiger partial charge on any atom is 0.254 e. The highest BCUT2D eigenvalue weighted by atomic mass is 16.2. The molecule has 1 atom stereocenters. The molecule has 0 radical (unpaired) electrons. The van der Waals surface area contributed by atoms with Gasteiger partial charge < -0.3 is 4.90 Å². The van der Waals surface area contributed by atoms with Gasteiger partial charge in [0, 0.05) is 43.1 Å². The number of amides is 1. The lowest BCUT2D eigenvalue weighted by Gasteiger charge is -2.41. The molecule has 0 bridgehead atoms. The Bertz CT molecular complexity index is 1020. The first kappa shape index (κ1) is 19.0. The van der Waals surface area contributed by atoms with E-state index >= 15 is 0 Å². The largest absolute Gasteiger partial charge is 0.332 e. The number of hydrogen-bond acceptors (Lipinski definition) is 3. The molecule has 3 aromatic rings. The Morgan fingerprint density at radius 2 is 1.77 bits per heavy atom. The fourth-order valence-corrected chi connectivity index (χ4v) is 5.15. The minimum atomic E-state index is -0.0348. The summed E-state index contributed by atoms with van der Waals surface area (Å²) in [7, 11) is 0. The number of likely N-dealkylation sites (tertiary alicyclic amines) is 1. The summed E-state index contributed by atoms with van der Waals surface area (Å²) < 4.78 is 0. The van der Waals surface area contributed by atoms with E-state index in [0.29, 0.717) is 6.54 Å². The molecular weight excluding hydrogens is 370 g/mol. The van der Waals surface area contributed by atoms with Crippen LogP contribution >= 0.6 is 0 Å². The summed E-state index contributed by atoms with van der Waals surface area (Å²) in [5.74, 6) is 0.125. The maximum atomic E-state index is 13.5. The van der Waals surface area contributed by atoms with Crippen LogP contribution in [0.5, 0.6) is 0 Å². The van der Waals surface area contributed by atoms with Crippen molar-refractivity contribution in [3.8, 4) is 0 Å². The Kier molecular flexibility index (Phi) is 5.09. The van der Waals surface area contributed by atoms with E-state index in [1.807, 2.05) is 48.8 Å². The number of fused-ring (bicyclic) bond motifs is 1. The molecule has 30 heavy (non-hydrogen) atoms. The molecule has 4 heteroatoms. The predicted octanol–water partition coefficient (Wildman–Crippen LogP) is 4.31. The lowest BCUT2D eigenvalue weighted by atomic mass is 9.87. The third kappa shape index (κ3) is 3.63. The van der Waals surface area contributed by atoms with Gasteiger partial charge in [0.05, 0.1) is 0 Å². The van der Waals surface area contributed by atoms with Gasteiger partial charge in [-0.3, -0.25) is 14.7 Å². The van der Waals surface area contributed by atoms with Crippen LogP contribution in [-0.2, 0) is 19.5 Å². The molecular formula is C26H27N3O. The van der Waals surface area contributed by atoms with E-state index < -0.39 is 0 Å². The SMILES string of the molecule is O=C(c1ccccc1)N1Cc2ccccc2CC2(CCCN2Cc2cccnc2)C1. The van der Waals surface area contributed by atoms with Gasteiger partial charge in [0.25, 0.3) is 5.91 Å². The van der Waals surface area contributed by atoms with E-state index in [0.717, 1.165) is 44.5 Å². The van der Waals surface area contributed by atoms with Crippen LogP contribution in [-0.4, -0.2) is 39.3 Å². The van der Waals surface area contributed by atoms with Crippen LogP contribution in [0.4, 0.5) is 0 Å². The highest BCUT2D eigenvalue weighted by Gasteiger charge is 2.45. The molecule has 3 heterocycles. The molecule has 1 amide bonds. The first-order valence-electron chi connectivity index (χ1n) is 10.8. The standard InChI is InChI=1S/C26H27N3O/c30-25(22-9-2-1-3-10-22)28-19-24-12-5-4-11-23(24)16-26(20-28)13-7-15-29(26)18-21-8-6-14-27-17-21/h1-6,8-12,14,17H,7,13,15-16,18-20H2. The van der Waals surface area contributed by atoms with Gasteiger partial charge in [-0.25, -0.2) is 0 Å². The molecule has 1 fully saturated rings. The summed E-state index contributed by atoms with van der Waals surface area (Å²) in [6, 6.07) is 22.5. The van der Waals surface area contributed by atoms with Crippen molar-refractivity contribution in [2.75, 3.05) is 13.1 Å². The minimum absolute atomic E-state index is 0.0348. The predicted molar refractivity (Wildman–Crippen MR) is 118 cm³/mol. The van der Waals surface area contributed by atoms with Crippen molar-refractivity contribution in [3.63, 3.8) is 0 Å². The molecule has 2 aromatic carbocycles. The summed E-state index contributed by atoms with van der Waals surface area (Å²) in [4.78, 5) is 22.4. The second-order valence-corrected chi connectivity index (χ2v) is 8.58. The van der Waals surface area contributed by atoms with Crippen LogP contribution in [0.3, 0.4) is 0 Å². The first-order valence-corrected chi connectivity index (χ1v) is 10.8. The minimum Gasteiger partial charge on any atom is -0.332 e. The summed E-state index contributed by atoms with van der Waals surface area (Å²) in [5, 5.41) is 0. The lowest BCUT2D eigenvalue weighted by Crippen LogP contribution is -2.53. The van der Waals surface area contributed by atoms with E-state index in [-0.39, 0.29) is 11.4 Å². The van der Waals surface area contributed by atoms with Crippen LogP contribution < -0.4 is 0 Å². The average Bonchev–Trinajstić information content (AvgIpc) is 3.07. The Hall–Kier alpha value is -2.98. The van der Waals surface area contributed by atoms with Gasteiger partial charge in [-0.05, 0) is 60.7 Å². The zero-order valence-corrected chi connectivity index (χ0v) is 17.2. The Labute approximate surface area is 178 Å². The molecule has 5 rings (SSSR count). The molecule has 1 saturated heterocycles. The van der Waals surface area contributed by atoms with Gasteiger partial charge in [0.2, 0.25) is 0 Å². The van der Waals surface area contributed by atoms with Gasteiger partial charge in [-0.15, -0.1) is 0 Å².